The Kier molecular flexibility index (Phi) is 8.13. The molecule has 6 nitrogen and oxygen atoms in total. The summed E-state index contributed by atoms with van der Waals surface area (Å²) in [6.07, 6.45) is 1.84. The van der Waals surface area contributed by atoms with Gasteiger partial charge in [0.15, 0.2) is 11.7 Å². The van der Waals surface area contributed by atoms with Gasteiger partial charge in [-0.25, -0.2) is 9.98 Å². The lowest BCUT2D eigenvalue weighted by Crippen LogP contribution is -2.04. The highest BCUT2D eigenvalue weighted by Gasteiger charge is 2.20. The molecule has 300 valence electrons. The van der Waals surface area contributed by atoms with Gasteiger partial charge in [-0.05, 0) is 71.8 Å². The maximum atomic E-state index is 8.97. The second kappa shape index (κ2) is 14.3. The minimum absolute atomic E-state index is 0.117. The van der Waals surface area contributed by atoms with Crippen molar-refractivity contribution in [3.05, 3.63) is 211 Å². The first-order valence-electron chi connectivity index (χ1n) is 21.2. The molecule has 9 aromatic carbocycles. The number of hydrogen-bond acceptors (Lipinski definition) is 4. The molecule has 64 heavy (non-hydrogen) atoms. The van der Waals surface area contributed by atoms with Crippen LogP contribution in [0.2, 0.25) is 0 Å². The molecular formula is C57H34N4O2S. The summed E-state index contributed by atoms with van der Waals surface area (Å²) in [7, 11) is 0. The molecule has 0 spiro atoms. The summed E-state index contributed by atoms with van der Waals surface area (Å²) < 4.78 is 17.7. The molecule has 4 heterocycles. The molecule has 7 heteroatoms. The van der Waals surface area contributed by atoms with Crippen LogP contribution >= 0.6 is 11.3 Å². The van der Waals surface area contributed by atoms with Gasteiger partial charge in [0, 0.05) is 70.7 Å². The number of fused-ring (bicyclic) bond motifs is 12. The number of aromatic nitrogens is 1. The molecule has 0 atom stereocenters. The van der Waals surface area contributed by atoms with Crippen molar-refractivity contribution in [1.82, 2.24) is 4.57 Å². The van der Waals surface area contributed by atoms with Crippen LogP contribution in [0.25, 0.3) is 103 Å². The predicted octanol–water partition coefficient (Wildman–Crippen LogP) is 15.5. The largest absolute Gasteiger partial charge is 0.456 e. The molecule has 0 saturated heterocycles. The SMILES string of the molecule is N=C(N=C(N=Cc1cccc2oc3ccc(-c4cccc5sc6c(-n7c8ccccc8c8ccccc87)cccc6c45)cc3c12)c1ccc2c(c1)oc1ccccc12)c1ccccc1. The maximum Gasteiger partial charge on any atom is 0.161 e. The van der Waals surface area contributed by atoms with E-state index < -0.39 is 0 Å². The number of aliphatic imine (C=N–C) groups is 2. The Morgan fingerprint density at radius 2 is 1.17 bits per heavy atom. The van der Waals surface area contributed by atoms with E-state index in [9.17, 15) is 0 Å². The second-order valence-electron chi connectivity index (χ2n) is 16.1. The number of nitrogens with zero attached hydrogens (tertiary/aromatic N) is 3. The summed E-state index contributed by atoms with van der Waals surface area (Å²) >= 11 is 1.85. The Bertz CT molecular complexity index is 4060. The first kappa shape index (κ1) is 36.3. The van der Waals surface area contributed by atoms with Crippen molar-refractivity contribution < 1.29 is 8.83 Å². The number of furan rings is 2. The highest BCUT2D eigenvalue weighted by molar-refractivity contribution is 7.26. The smallest absolute Gasteiger partial charge is 0.161 e. The zero-order chi connectivity index (χ0) is 42.3. The van der Waals surface area contributed by atoms with Crippen LogP contribution < -0.4 is 0 Å². The van der Waals surface area contributed by atoms with Gasteiger partial charge in [0.1, 0.15) is 22.3 Å². The molecule has 0 aliphatic heterocycles. The van der Waals surface area contributed by atoms with Crippen LogP contribution in [0.5, 0.6) is 0 Å². The molecule has 1 N–H and O–H groups in total. The summed E-state index contributed by atoms with van der Waals surface area (Å²) in [6.45, 7) is 0. The van der Waals surface area contributed by atoms with Crippen LogP contribution in [0.3, 0.4) is 0 Å². The van der Waals surface area contributed by atoms with Crippen molar-refractivity contribution in [3.8, 4) is 16.8 Å². The van der Waals surface area contributed by atoms with E-state index in [-0.39, 0.29) is 5.84 Å². The molecule has 13 aromatic rings. The Labute approximate surface area is 369 Å². The first-order chi connectivity index (χ1) is 31.6. The van der Waals surface area contributed by atoms with Crippen LogP contribution in [0.4, 0.5) is 0 Å². The summed E-state index contributed by atoms with van der Waals surface area (Å²) in [5.74, 6) is 0.518. The van der Waals surface area contributed by atoms with E-state index in [2.05, 4.69) is 120 Å². The van der Waals surface area contributed by atoms with Crippen molar-refractivity contribution in [1.29, 1.82) is 5.41 Å². The maximum absolute atomic E-state index is 8.97. The number of hydrogen-bond donors (Lipinski definition) is 1. The number of amidine groups is 2. The third-order valence-electron chi connectivity index (χ3n) is 12.4. The Balaban J connectivity index is 0.947. The van der Waals surface area contributed by atoms with E-state index in [1.807, 2.05) is 96.4 Å². The molecule has 13 rings (SSSR count). The highest BCUT2D eigenvalue weighted by Crippen LogP contribution is 2.45. The molecule has 0 aliphatic carbocycles. The minimum Gasteiger partial charge on any atom is -0.456 e. The van der Waals surface area contributed by atoms with E-state index in [1.165, 1.54) is 53.2 Å². The van der Waals surface area contributed by atoms with Crippen LogP contribution in [0.1, 0.15) is 16.7 Å². The number of nitrogens with one attached hydrogen (secondary N) is 1. The Morgan fingerprint density at radius 1 is 0.500 bits per heavy atom. The van der Waals surface area contributed by atoms with Crippen molar-refractivity contribution in [2.45, 2.75) is 0 Å². The van der Waals surface area contributed by atoms with Crippen molar-refractivity contribution in [2.24, 2.45) is 9.98 Å². The summed E-state index contributed by atoms with van der Waals surface area (Å²) in [6, 6.07) is 66.8. The fourth-order valence-electron chi connectivity index (χ4n) is 9.49. The van der Waals surface area contributed by atoms with Gasteiger partial charge >= 0.3 is 0 Å². The zero-order valence-electron chi connectivity index (χ0n) is 34.1. The lowest BCUT2D eigenvalue weighted by atomic mass is 9.97. The van der Waals surface area contributed by atoms with Crippen LogP contribution in [-0.2, 0) is 0 Å². The third kappa shape index (κ3) is 5.68. The molecule has 0 amide bonds. The molecule has 0 aliphatic rings. The lowest BCUT2D eigenvalue weighted by molar-refractivity contribution is 0.668. The lowest BCUT2D eigenvalue weighted by Gasteiger charge is -2.10. The van der Waals surface area contributed by atoms with E-state index in [4.69, 9.17) is 24.2 Å². The number of thiophene rings is 1. The standard InChI is InChI=1S/C57H34N4O2S/c58-56(34-13-2-1-3-14-34)60-57(36-27-29-42-41-18-6-9-24-48(41)63-51(42)32-36)59-33-37-15-10-25-50-53(37)44-31-35(28-30-49(44)62-50)38-19-12-26-52-54(38)43-20-11-23-47(55(43)64-52)61-45-21-7-4-16-39(45)40-17-5-8-22-46(40)61/h1-33,58H. The number of benzene rings is 9. The fourth-order valence-corrected chi connectivity index (χ4v) is 10.7. The first-order valence-corrected chi connectivity index (χ1v) is 22.0. The van der Waals surface area contributed by atoms with Gasteiger partial charge in [-0.15, -0.1) is 11.3 Å². The van der Waals surface area contributed by atoms with Crippen molar-refractivity contribution >= 4 is 115 Å². The van der Waals surface area contributed by atoms with Gasteiger partial charge in [0.2, 0.25) is 0 Å². The van der Waals surface area contributed by atoms with Crippen LogP contribution in [0.15, 0.2) is 213 Å². The van der Waals surface area contributed by atoms with Crippen LogP contribution in [-0.4, -0.2) is 22.5 Å². The predicted molar refractivity (Wildman–Crippen MR) is 268 cm³/mol. The molecule has 0 saturated carbocycles. The topological polar surface area (TPSA) is 79.8 Å². The Morgan fingerprint density at radius 3 is 2.02 bits per heavy atom. The van der Waals surface area contributed by atoms with Gasteiger partial charge in [-0.1, -0.05) is 133 Å². The van der Waals surface area contributed by atoms with E-state index in [0.717, 1.165) is 60.6 Å². The average Bonchev–Trinajstić information content (AvgIpc) is 4.12. The number of para-hydroxylation sites is 3. The van der Waals surface area contributed by atoms with Gasteiger partial charge in [0.25, 0.3) is 0 Å². The molecule has 0 bridgehead atoms. The quantitative estimate of drug-likeness (QED) is 0.138. The van der Waals surface area contributed by atoms with E-state index in [0.29, 0.717) is 11.4 Å². The summed E-state index contributed by atoms with van der Waals surface area (Å²) in [5.41, 5.74) is 11.3. The molecular weight excluding hydrogens is 805 g/mol. The molecule has 0 radical (unpaired) electrons. The highest BCUT2D eigenvalue weighted by atomic mass is 32.1. The fraction of sp³-hybridized carbons (Fsp3) is 0. The second-order valence-corrected chi connectivity index (χ2v) is 17.1. The summed E-state index contributed by atoms with van der Waals surface area (Å²) in [5, 5.41) is 18.0. The monoisotopic (exact) mass is 838 g/mol. The average molecular weight is 839 g/mol. The Hall–Kier alpha value is -8.39. The van der Waals surface area contributed by atoms with E-state index in [1.54, 1.807) is 0 Å². The molecule has 0 fully saturated rings. The number of rotatable bonds is 5. The normalized spacial score (nSPS) is 12.5. The van der Waals surface area contributed by atoms with Crippen LogP contribution in [0, 0.1) is 5.41 Å². The minimum atomic E-state index is 0.117. The van der Waals surface area contributed by atoms with Crippen molar-refractivity contribution in [3.63, 3.8) is 0 Å². The zero-order valence-corrected chi connectivity index (χ0v) is 34.9. The van der Waals surface area contributed by atoms with E-state index >= 15 is 0 Å². The molecule has 4 aromatic heterocycles. The third-order valence-corrected chi connectivity index (χ3v) is 13.6. The molecule has 0 unspecified atom stereocenters. The van der Waals surface area contributed by atoms with Gasteiger partial charge in [0.05, 0.1) is 21.4 Å². The van der Waals surface area contributed by atoms with Gasteiger partial charge < -0.3 is 13.4 Å². The van der Waals surface area contributed by atoms with Crippen molar-refractivity contribution in [2.75, 3.05) is 0 Å². The van der Waals surface area contributed by atoms with Gasteiger partial charge in [-0.3, -0.25) is 5.41 Å². The summed E-state index contributed by atoms with van der Waals surface area (Å²) in [4.78, 5) is 9.86. The van der Waals surface area contributed by atoms with Gasteiger partial charge in [-0.2, -0.15) is 0 Å².